The van der Waals surface area contributed by atoms with Gasteiger partial charge in [-0.2, -0.15) is 0 Å². The molecule has 94 valence electrons. The van der Waals surface area contributed by atoms with Crippen LogP contribution in [0.5, 0.6) is 17.2 Å². The normalized spacial score (nSPS) is 10.6. The molecule has 0 radical (unpaired) electrons. The molecule has 0 aliphatic rings. The van der Waals surface area contributed by atoms with Gasteiger partial charge in [-0.25, -0.2) is 0 Å². The molecule has 0 aliphatic heterocycles. The van der Waals surface area contributed by atoms with Gasteiger partial charge < -0.3 is 15.3 Å². The van der Waals surface area contributed by atoms with Crippen LogP contribution >= 0.6 is 0 Å². The van der Waals surface area contributed by atoms with E-state index in [1.807, 2.05) is 0 Å². The monoisotopic (exact) mass is 244 g/mol. The molecule has 0 aromatic heterocycles. The second kappa shape index (κ2) is 4.26. The molecule has 0 saturated carbocycles. The van der Waals surface area contributed by atoms with Crippen molar-refractivity contribution in [2.45, 2.75) is 20.8 Å². The average Bonchev–Trinajstić information content (AvgIpc) is 2.36. The summed E-state index contributed by atoms with van der Waals surface area (Å²) in [6.45, 7) is 5.31. The molecule has 0 spiro atoms. The summed E-state index contributed by atoms with van der Waals surface area (Å²) >= 11 is 0. The number of hydrogen-bond acceptors (Lipinski definition) is 3. The van der Waals surface area contributed by atoms with Crippen LogP contribution in [0.3, 0.4) is 0 Å². The van der Waals surface area contributed by atoms with E-state index in [0.29, 0.717) is 22.3 Å². The Morgan fingerprint density at radius 2 is 1.17 bits per heavy atom. The number of rotatable bonds is 1. The summed E-state index contributed by atoms with van der Waals surface area (Å²) < 4.78 is 0. The molecule has 2 aromatic carbocycles. The third kappa shape index (κ3) is 1.78. The highest BCUT2D eigenvalue weighted by atomic mass is 16.3. The minimum atomic E-state index is 0.170. The lowest BCUT2D eigenvalue weighted by Gasteiger charge is -2.16. The van der Waals surface area contributed by atoms with E-state index in [1.54, 1.807) is 45.0 Å². The topological polar surface area (TPSA) is 60.7 Å². The summed E-state index contributed by atoms with van der Waals surface area (Å²) in [6, 6.07) is 6.54. The number of aromatic hydroxyl groups is 3. The van der Waals surface area contributed by atoms with Gasteiger partial charge in [-0.15, -0.1) is 0 Å². The van der Waals surface area contributed by atoms with E-state index in [4.69, 9.17) is 0 Å². The maximum Gasteiger partial charge on any atom is 0.127 e. The van der Waals surface area contributed by atoms with Gasteiger partial charge in [0.05, 0.1) is 0 Å². The number of phenolic OH excluding ortho intramolecular Hbond substituents is 3. The highest BCUT2D eigenvalue weighted by Crippen LogP contribution is 2.42. The van der Waals surface area contributed by atoms with Crippen molar-refractivity contribution in [3.63, 3.8) is 0 Å². The lowest BCUT2D eigenvalue weighted by molar-refractivity contribution is 0.451. The fraction of sp³-hybridized carbons (Fsp3) is 0.200. The Balaban J connectivity index is 2.75. The predicted molar refractivity (Wildman–Crippen MR) is 71.1 cm³/mol. The molecule has 0 aliphatic carbocycles. The van der Waals surface area contributed by atoms with Crippen LogP contribution in [0.25, 0.3) is 11.1 Å². The quantitative estimate of drug-likeness (QED) is 0.674. The van der Waals surface area contributed by atoms with E-state index >= 15 is 0 Å². The maximum atomic E-state index is 10.2. The van der Waals surface area contributed by atoms with E-state index in [2.05, 4.69) is 0 Å². The Bertz CT molecular complexity index is 569. The van der Waals surface area contributed by atoms with Crippen molar-refractivity contribution in [3.8, 4) is 28.4 Å². The zero-order valence-electron chi connectivity index (χ0n) is 10.7. The van der Waals surface area contributed by atoms with Crippen molar-refractivity contribution < 1.29 is 15.3 Å². The van der Waals surface area contributed by atoms with Crippen molar-refractivity contribution in [2.24, 2.45) is 0 Å². The zero-order chi connectivity index (χ0) is 13.4. The highest BCUT2D eigenvalue weighted by molar-refractivity contribution is 5.79. The molecule has 0 fully saturated rings. The first kappa shape index (κ1) is 12.3. The Morgan fingerprint density at radius 3 is 1.72 bits per heavy atom. The van der Waals surface area contributed by atoms with Crippen LogP contribution in [0.15, 0.2) is 24.3 Å². The fourth-order valence-corrected chi connectivity index (χ4v) is 2.10. The molecule has 2 aromatic rings. The minimum absolute atomic E-state index is 0.170. The van der Waals surface area contributed by atoms with Gasteiger partial charge >= 0.3 is 0 Å². The van der Waals surface area contributed by atoms with Gasteiger partial charge in [0.1, 0.15) is 17.2 Å². The third-order valence-electron chi connectivity index (χ3n) is 3.40. The maximum absolute atomic E-state index is 10.2. The molecule has 3 N–H and O–H groups in total. The van der Waals surface area contributed by atoms with Gasteiger partial charge in [-0.05, 0) is 49.6 Å². The lowest BCUT2D eigenvalue weighted by Crippen LogP contribution is -1.92. The van der Waals surface area contributed by atoms with Gasteiger partial charge in [-0.3, -0.25) is 0 Å². The van der Waals surface area contributed by atoms with Gasteiger partial charge in [0.25, 0.3) is 0 Å². The average molecular weight is 244 g/mol. The summed E-state index contributed by atoms with van der Waals surface area (Å²) in [6.07, 6.45) is 0. The number of benzene rings is 2. The van der Waals surface area contributed by atoms with Crippen LogP contribution in [-0.4, -0.2) is 15.3 Å². The Kier molecular flexibility index (Phi) is 2.91. The van der Waals surface area contributed by atoms with Crippen molar-refractivity contribution in [2.75, 3.05) is 0 Å². The van der Waals surface area contributed by atoms with E-state index in [1.165, 1.54) is 0 Å². The van der Waals surface area contributed by atoms with Crippen molar-refractivity contribution in [1.29, 1.82) is 0 Å². The molecule has 0 saturated heterocycles. The van der Waals surface area contributed by atoms with E-state index in [0.717, 1.165) is 5.56 Å². The van der Waals surface area contributed by atoms with E-state index < -0.39 is 0 Å². The Morgan fingerprint density at radius 1 is 0.667 bits per heavy atom. The molecule has 3 nitrogen and oxygen atoms in total. The SMILES string of the molecule is Cc1c(C)c(O)c(-c2ccc(O)cc2)c(C)c1O. The summed E-state index contributed by atoms with van der Waals surface area (Å²) in [5.74, 6) is 0.547. The molecule has 18 heavy (non-hydrogen) atoms. The van der Waals surface area contributed by atoms with Crippen molar-refractivity contribution >= 4 is 0 Å². The largest absolute Gasteiger partial charge is 0.508 e. The predicted octanol–water partition coefficient (Wildman–Crippen LogP) is 3.40. The van der Waals surface area contributed by atoms with Gasteiger partial charge in [-0.1, -0.05) is 12.1 Å². The molecule has 0 bridgehead atoms. The third-order valence-corrected chi connectivity index (χ3v) is 3.40. The number of hydrogen-bond donors (Lipinski definition) is 3. The first-order valence-corrected chi connectivity index (χ1v) is 5.74. The zero-order valence-corrected chi connectivity index (χ0v) is 10.7. The van der Waals surface area contributed by atoms with Crippen LogP contribution in [-0.2, 0) is 0 Å². The van der Waals surface area contributed by atoms with Crippen LogP contribution in [0.4, 0.5) is 0 Å². The van der Waals surface area contributed by atoms with Crippen LogP contribution in [0.2, 0.25) is 0 Å². The van der Waals surface area contributed by atoms with Crippen LogP contribution in [0.1, 0.15) is 16.7 Å². The summed E-state index contributed by atoms with van der Waals surface area (Å²) in [4.78, 5) is 0. The molecular formula is C15H16O3. The number of phenols is 3. The Hall–Kier alpha value is -2.16. The first-order valence-electron chi connectivity index (χ1n) is 5.74. The van der Waals surface area contributed by atoms with Gasteiger partial charge in [0, 0.05) is 11.1 Å². The summed E-state index contributed by atoms with van der Waals surface area (Å²) in [5, 5.41) is 29.6. The fourth-order valence-electron chi connectivity index (χ4n) is 2.10. The van der Waals surface area contributed by atoms with Crippen LogP contribution in [0, 0.1) is 20.8 Å². The molecule has 3 heteroatoms. The molecule has 0 amide bonds. The second-order valence-corrected chi connectivity index (χ2v) is 4.49. The van der Waals surface area contributed by atoms with E-state index in [9.17, 15) is 15.3 Å². The van der Waals surface area contributed by atoms with E-state index in [-0.39, 0.29) is 17.2 Å². The smallest absolute Gasteiger partial charge is 0.127 e. The van der Waals surface area contributed by atoms with Crippen molar-refractivity contribution in [3.05, 3.63) is 41.0 Å². The highest BCUT2D eigenvalue weighted by Gasteiger charge is 2.17. The van der Waals surface area contributed by atoms with Crippen molar-refractivity contribution in [1.82, 2.24) is 0 Å². The molecular weight excluding hydrogens is 228 g/mol. The molecule has 2 rings (SSSR count). The Labute approximate surface area is 106 Å². The summed E-state index contributed by atoms with van der Waals surface area (Å²) in [5.41, 5.74) is 3.37. The minimum Gasteiger partial charge on any atom is -0.508 e. The standard InChI is InChI=1S/C15H16O3/c1-8-9(2)15(18)13(10(3)14(8)17)11-4-6-12(16)7-5-11/h4-7,16-18H,1-3H3. The molecule has 0 unspecified atom stereocenters. The summed E-state index contributed by atoms with van der Waals surface area (Å²) in [7, 11) is 0. The molecule has 0 heterocycles. The van der Waals surface area contributed by atoms with Crippen LogP contribution < -0.4 is 0 Å². The first-order chi connectivity index (χ1) is 8.43. The van der Waals surface area contributed by atoms with Gasteiger partial charge in [0.2, 0.25) is 0 Å². The second-order valence-electron chi connectivity index (χ2n) is 4.49. The van der Waals surface area contributed by atoms with Gasteiger partial charge in [0.15, 0.2) is 0 Å². The lowest BCUT2D eigenvalue weighted by atomic mass is 9.93. The molecule has 0 atom stereocenters.